The lowest BCUT2D eigenvalue weighted by Crippen LogP contribution is -2.25. The van der Waals surface area contributed by atoms with Crippen molar-refractivity contribution in [3.63, 3.8) is 0 Å². The molecular formula is C12H13BrClFO3. The number of rotatable bonds is 5. The molecule has 1 rings (SSSR count). The van der Waals surface area contributed by atoms with Crippen LogP contribution in [0, 0.1) is 11.2 Å². The van der Waals surface area contributed by atoms with Crippen molar-refractivity contribution in [2.45, 2.75) is 20.3 Å². The number of hydrogen-bond donors (Lipinski definition) is 1. The van der Waals surface area contributed by atoms with Gasteiger partial charge in [0.25, 0.3) is 0 Å². The molecule has 0 fully saturated rings. The molecule has 0 aliphatic rings. The minimum absolute atomic E-state index is 0.0000841. The fraction of sp³-hybridized carbons (Fsp3) is 0.417. The van der Waals surface area contributed by atoms with Crippen LogP contribution in [0.2, 0.25) is 5.02 Å². The fourth-order valence-electron chi connectivity index (χ4n) is 1.14. The van der Waals surface area contributed by atoms with Crippen molar-refractivity contribution in [2.75, 3.05) is 6.61 Å². The third-order valence-electron chi connectivity index (χ3n) is 2.54. The van der Waals surface area contributed by atoms with Crippen LogP contribution in [0.4, 0.5) is 4.39 Å². The lowest BCUT2D eigenvalue weighted by atomic mass is 9.90. The minimum atomic E-state index is -0.896. The van der Waals surface area contributed by atoms with Gasteiger partial charge in [0.1, 0.15) is 11.6 Å². The predicted molar refractivity (Wildman–Crippen MR) is 70.6 cm³/mol. The van der Waals surface area contributed by atoms with Gasteiger partial charge in [-0.05, 0) is 42.3 Å². The Morgan fingerprint density at radius 3 is 2.72 bits per heavy atom. The Morgan fingerprint density at radius 1 is 1.56 bits per heavy atom. The van der Waals surface area contributed by atoms with Gasteiger partial charge in [0.05, 0.1) is 21.5 Å². The zero-order valence-corrected chi connectivity index (χ0v) is 12.3. The topological polar surface area (TPSA) is 46.5 Å². The third-order valence-corrected chi connectivity index (χ3v) is 3.45. The summed E-state index contributed by atoms with van der Waals surface area (Å²) in [5.41, 5.74) is -0.878. The first kappa shape index (κ1) is 15.2. The summed E-state index contributed by atoms with van der Waals surface area (Å²) in [6, 6.07) is 2.56. The van der Waals surface area contributed by atoms with Crippen molar-refractivity contribution in [2.24, 2.45) is 5.41 Å². The van der Waals surface area contributed by atoms with E-state index in [1.807, 2.05) is 0 Å². The number of ether oxygens (including phenoxy) is 1. The fourth-order valence-corrected chi connectivity index (χ4v) is 1.89. The van der Waals surface area contributed by atoms with Crippen LogP contribution in [-0.4, -0.2) is 17.7 Å². The summed E-state index contributed by atoms with van der Waals surface area (Å²) >= 11 is 8.79. The number of carbonyl (C=O) groups is 1. The molecule has 0 heterocycles. The van der Waals surface area contributed by atoms with Crippen molar-refractivity contribution >= 4 is 33.5 Å². The second-order valence-corrected chi connectivity index (χ2v) is 5.75. The highest BCUT2D eigenvalue weighted by Crippen LogP contribution is 2.31. The molecule has 0 bridgehead atoms. The van der Waals surface area contributed by atoms with Crippen molar-refractivity contribution in [3.05, 3.63) is 27.4 Å². The molecule has 18 heavy (non-hydrogen) atoms. The molecule has 0 aliphatic carbocycles. The van der Waals surface area contributed by atoms with E-state index in [0.717, 1.165) is 0 Å². The molecule has 0 aromatic heterocycles. The lowest BCUT2D eigenvalue weighted by Gasteiger charge is -2.19. The maximum atomic E-state index is 13.2. The highest BCUT2D eigenvalue weighted by atomic mass is 79.9. The molecule has 1 aromatic carbocycles. The summed E-state index contributed by atoms with van der Waals surface area (Å²) in [7, 11) is 0. The van der Waals surface area contributed by atoms with Crippen LogP contribution in [0.15, 0.2) is 16.6 Å². The summed E-state index contributed by atoms with van der Waals surface area (Å²) in [5.74, 6) is -1.17. The van der Waals surface area contributed by atoms with Gasteiger partial charge in [-0.1, -0.05) is 11.6 Å². The Kier molecular flexibility index (Phi) is 4.99. The van der Waals surface area contributed by atoms with Crippen LogP contribution < -0.4 is 4.74 Å². The first-order valence-electron chi connectivity index (χ1n) is 5.25. The SMILES string of the molecule is CC(C)(CCOc1cc(F)c(Cl)cc1Br)C(=O)O. The number of benzene rings is 1. The molecule has 0 amide bonds. The van der Waals surface area contributed by atoms with E-state index in [2.05, 4.69) is 15.9 Å². The number of hydrogen-bond acceptors (Lipinski definition) is 2. The Morgan fingerprint density at radius 2 is 2.17 bits per heavy atom. The van der Waals surface area contributed by atoms with Gasteiger partial charge < -0.3 is 9.84 Å². The van der Waals surface area contributed by atoms with E-state index in [0.29, 0.717) is 16.6 Å². The van der Waals surface area contributed by atoms with E-state index >= 15 is 0 Å². The van der Waals surface area contributed by atoms with Crippen molar-refractivity contribution in [1.82, 2.24) is 0 Å². The Labute approximate surface area is 118 Å². The van der Waals surface area contributed by atoms with Gasteiger partial charge in [0.2, 0.25) is 0 Å². The highest BCUT2D eigenvalue weighted by molar-refractivity contribution is 9.10. The van der Waals surface area contributed by atoms with Gasteiger partial charge in [0.15, 0.2) is 0 Å². The Balaban J connectivity index is 2.65. The normalized spacial score (nSPS) is 11.4. The molecule has 0 spiro atoms. The number of aliphatic carboxylic acids is 1. The average molecular weight is 340 g/mol. The van der Waals surface area contributed by atoms with E-state index in [-0.39, 0.29) is 11.6 Å². The molecular weight excluding hydrogens is 326 g/mol. The molecule has 0 atom stereocenters. The lowest BCUT2D eigenvalue weighted by molar-refractivity contribution is -0.147. The maximum Gasteiger partial charge on any atom is 0.309 e. The van der Waals surface area contributed by atoms with Crippen molar-refractivity contribution < 1.29 is 19.0 Å². The summed E-state index contributed by atoms with van der Waals surface area (Å²) in [6.45, 7) is 3.39. The molecule has 0 unspecified atom stereocenters. The van der Waals surface area contributed by atoms with Crippen LogP contribution >= 0.6 is 27.5 Å². The molecule has 1 aromatic rings. The molecule has 0 aliphatic heterocycles. The molecule has 3 nitrogen and oxygen atoms in total. The van der Waals surface area contributed by atoms with E-state index < -0.39 is 17.2 Å². The summed E-state index contributed by atoms with van der Waals surface area (Å²) in [6.07, 6.45) is 0.318. The summed E-state index contributed by atoms with van der Waals surface area (Å²) in [4.78, 5) is 10.9. The highest BCUT2D eigenvalue weighted by Gasteiger charge is 2.26. The van der Waals surface area contributed by atoms with E-state index in [1.165, 1.54) is 12.1 Å². The van der Waals surface area contributed by atoms with Gasteiger partial charge in [-0.3, -0.25) is 4.79 Å². The van der Waals surface area contributed by atoms with E-state index in [9.17, 15) is 9.18 Å². The smallest absolute Gasteiger partial charge is 0.309 e. The monoisotopic (exact) mass is 338 g/mol. The van der Waals surface area contributed by atoms with Crippen LogP contribution in [0.3, 0.4) is 0 Å². The van der Waals surface area contributed by atoms with Gasteiger partial charge >= 0.3 is 5.97 Å². The van der Waals surface area contributed by atoms with Crippen molar-refractivity contribution in [1.29, 1.82) is 0 Å². The predicted octanol–water partition coefficient (Wildman–Crippen LogP) is 4.12. The summed E-state index contributed by atoms with van der Waals surface area (Å²) < 4.78 is 19.1. The number of carboxylic acid groups (broad SMARTS) is 1. The first-order chi connectivity index (χ1) is 8.24. The second kappa shape index (κ2) is 5.89. The van der Waals surface area contributed by atoms with Crippen molar-refractivity contribution in [3.8, 4) is 5.75 Å². The van der Waals surface area contributed by atoms with Crippen LogP contribution in [0.25, 0.3) is 0 Å². The zero-order chi connectivity index (χ0) is 13.9. The van der Waals surface area contributed by atoms with Crippen LogP contribution in [0.1, 0.15) is 20.3 Å². The van der Waals surface area contributed by atoms with Crippen LogP contribution in [-0.2, 0) is 4.79 Å². The summed E-state index contributed by atoms with van der Waals surface area (Å²) in [5, 5.41) is 8.93. The number of halogens is 3. The standard InChI is InChI=1S/C12H13BrClFO3/c1-12(2,11(16)17)3-4-18-10-6-9(15)8(14)5-7(10)13/h5-6H,3-4H2,1-2H3,(H,16,17). The minimum Gasteiger partial charge on any atom is -0.492 e. The van der Waals surface area contributed by atoms with Gasteiger partial charge in [-0.15, -0.1) is 0 Å². The average Bonchev–Trinajstić information content (AvgIpc) is 2.25. The maximum absolute atomic E-state index is 13.2. The van der Waals surface area contributed by atoms with E-state index in [4.69, 9.17) is 21.4 Å². The Bertz CT molecular complexity index is 463. The van der Waals surface area contributed by atoms with Crippen LogP contribution in [0.5, 0.6) is 5.75 Å². The molecule has 6 heteroatoms. The Hall–Kier alpha value is -0.810. The number of carboxylic acids is 1. The molecule has 0 saturated carbocycles. The molecule has 0 radical (unpaired) electrons. The largest absolute Gasteiger partial charge is 0.492 e. The van der Waals surface area contributed by atoms with Gasteiger partial charge in [-0.2, -0.15) is 0 Å². The molecule has 1 N–H and O–H groups in total. The molecule has 100 valence electrons. The van der Waals surface area contributed by atoms with Gasteiger partial charge in [0, 0.05) is 6.07 Å². The third kappa shape index (κ3) is 3.85. The second-order valence-electron chi connectivity index (χ2n) is 4.48. The quantitative estimate of drug-likeness (QED) is 0.821. The first-order valence-corrected chi connectivity index (χ1v) is 6.42. The zero-order valence-electron chi connectivity index (χ0n) is 9.97. The van der Waals surface area contributed by atoms with E-state index in [1.54, 1.807) is 13.8 Å². The molecule has 0 saturated heterocycles. The van der Waals surface area contributed by atoms with Gasteiger partial charge in [-0.25, -0.2) is 4.39 Å².